The van der Waals surface area contributed by atoms with E-state index in [0.717, 1.165) is 21.9 Å². The number of anilines is 1. The number of aliphatic hydroxyl groups excluding tert-OH is 1. The summed E-state index contributed by atoms with van der Waals surface area (Å²) in [6.45, 7) is -0.873. The van der Waals surface area contributed by atoms with Gasteiger partial charge in [-0.25, -0.2) is 13.6 Å². The number of hydrogen-bond donors (Lipinski definition) is 4. The van der Waals surface area contributed by atoms with Gasteiger partial charge in [0.1, 0.15) is 28.7 Å². The Kier molecular flexibility index (Phi) is 11.7. The fraction of sp³-hybridized carbons (Fsp3) is 0.200. The monoisotopic (exact) mass is 739 g/mol. The minimum Gasteiger partial charge on any atom is -0.484 e. The van der Waals surface area contributed by atoms with Crippen LogP contribution in [0.15, 0.2) is 115 Å². The highest BCUT2D eigenvalue weighted by atomic mass is 32.2. The summed E-state index contributed by atoms with van der Waals surface area (Å²) in [6.07, 6.45) is -0.872. The molecule has 1 aliphatic heterocycles. The Morgan fingerprint density at radius 3 is 2.17 bits per heavy atom. The van der Waals surface area contributed by atoms with Gasteiger partial charge in [-0.05, 0) is 76.0 Å². The number of aliphatic hydroxyl groups is 1. The summed E-state index contributed by atoms with van der Waals surface area (Å²) in [7, 11) is 0. The second-order valence-corrected chi connectivity index (χ2v) is 13.6. The summed E-state index contributed by atoms with van der Waals surface area (Å²) >= 11 is 1.26. The number of nitrogens with zero attached hydrogens (tertiary/aromatic N) is 1. The predicted octanol–water partition coefficient (Wildman–Crippen LogP) is 5.35. The van der Waals surface area contributed by atoms with Crippen molar-refractivity contribution in [3.8, 4) is 5.75 Å². The van der Waals surface area contributed by atoms with Crippen molar-refractivity contribution in [3.05, 3.63) is 144 Å². The maximum Gasteiger partial charge on any atom is 0.326 e. The number of carbonyl (C=O) groups is 4. The number of carbonyl (C=O) groups excluding carboxylic acids is 3. The number of carboxylic acids is 1. The molecule has 4 atom stereocenters. The number of β-lactam (4-membered cyclic amide) rings is 1. The molecule has 0 aromatic heterocycles. The number of ether oxygens (including phenoxy) is 1. The van der Waals surface area contributed by atoms with Crippen molar-refractivity contribution in [2.24, 2.45) is 0 Å². The smallest absolute Gasteiger partial charge is 0.326 e. The average Bonchev–Trinajstić information content (AvgIpc) is 3.16. The zero-order chi connectivity index (χ0) is 37.5. The van der Waals surface area contributed by atoms with E-state index in [1.165, 1.54) is 60.3 Å². The van der Waals surface area contributed by atoms with Crippen LogP contribution in [-0.2, 0) is 25.6 Å². The molecule has 10 nitrogen and oxygen atoms in total. The zero-order valence-electron chi connectivity index (χ0n) is 28.2. The molecule has 3 amide bonds. The summed E-state index contributed by atoms with van der Waals surface area (Å²) < 4.78 is 32.6. The molecule has 1 heterocycles. The van der Waals surface area contributed by atoms with E-state index in [2.05, 4.69) is 10.6 Å². The molecule has 5 aromatic carbocycles. The molecule has 53 heavy (non-hydrogen) atoms. The lowest BCUT2D eigenvalue weighted by Gasteiger charge is -2.47. The van der Waals surface area contributed by atoms with Gasteiger partial charge in [-0.15, -0.1) is 11.8 Å². The molecule has 0 saturated carbocycles. The minimum atomic E-state index is -1.20. The number of carboxylic acid groups (broad SMARTS) is 1. The Morgan fingerprint density at radius 1 is 0.830 bits per heavy atom. The number of rotatable bonds is 15. The van der Waals surface area contributed by atoms with Crippen LogP contribution in [0.2, 0.25) is 0 Å². The molecule has 4 N–H and O–H groups in total. The number of halogens is 2. The number of benzene rings is 5. The third kappa shape index (κ3) is 9.18. The van der Waals surface area contributed by atoms with Gasteiger partial charge in [-0.1, -0.05) is 66.7 Å². The van der Waals surface area contributed by atoms with Gasteiger partial charge in [0.2, 0.25) is 11.8 Å². The van der Waals surface area contributed by atoms with Crippen LogP contribution in [0, 0.1) is 11.6 Å². The van der Waals surface area contributed by atoms with E-state index in [1.54, 1.807) is 29.2 Å². The Hall–Kier alpha value is -5.79. The lowest BCUT2D eigenvalue weighted by molar-refractivity contribution is -0.141. The molecule has 13 heteroatoms. The molecule has 0 radical (unpaired) electrons. The quantitative estimate of drug-likeness (QED) is 0.105. The van der Waals surface area contributed by atoms with Crippen LogP contribution in [-0.4, -0.2) is 64.1 Å². The van der Waals surface area contributed by atoms with Crippen LogP contribution >= 0.6 is 11.8 Å². The SMILES string of the molecule is O=C(COc1ccc([C@@H]2[C@@H](SCC(O)c3ccc(F)cc3)C(=O)N2c2ccc(F)cc2)cc1)NCC(=O)N[C@H](Cc1ccc2ccccc2c1)C(=O)O. The Balaban J connectivity index is 1.02. The molecule has 6 rings (SSSR count). The average molecular weight is 740 g/mol. The van der Waals surface area contributed by atoms with E-state index in [-0.39, 0.29) is 18.1 Å². The van der Waals surface area contributed by atoms with Crippen LogP contribution in [0.4, 0.5) is 14.5 Å². The van der Waals surface area contributed by atoms with Gasteiger partial charge in [0.25, 0.3) is 5.91 Å². The highest BCUT2D eigenvalue weighted by Crippen LogP contribution is 2.46. The van der Waals surface area contributed by atoms with Crippen LogP contribution in [0.1, 0.15) is 28.8 Å². The molecule has 0 spiro atoms. The molecule has 0 aliphatic carbocycles. The number of amides is 3. The highest BCUT2D eigenvalue weighted by molar-refractivity contribution is 8.00. The van der Waals surface area contributed by atoms with E-state index < -0.39 is 66.0 Å². The third-order valence-electron chi connectivity index (χ3n) is 8.76. The normalized spacial score (nSPS) is 16.4. The van der Waals surface area contributed by atoms with Crippen molar-refractivity contribution >= 4 is 51.9 Å². The van der Waals surface area contributed by atoms with Crippen LogP contribution in [0.3, 0.4) is 0 Å². The van der Waals surface area contributed by atoms with Crippen molar-refractivity contribution in [1.29, 1.82) is 0 Å². The summed E-state index contributed by atoms with van der Waals surface area (Å²) in [5, 5.41) is 26.6. The van der Waals surface area contributed by atoms with E-state index in [4.69, 9.17) is 4.74 Å². The lowest BCUT2D eigenvalue weighted by Crippen LogP contribution is -2.57. The summed E-state index contributed by atoms with van der Waals surface area (Å²) in [4.78, 5) is 51.8. The molecule has 0 bridgehead atoms. The number of nitrogens with one attached hydrogen (secondary N) is 2. The number of aliphatic carboxylic acids is 1. The van der Waals surface area contributed by atoms with E-state index in [9.17, 15) is 38.2 Å². The largest absolute Gasteiger partial charge is 0.484 e. The lowest BCUT2D eigenvalue weighted by atomic mass is 9.92. The van der Waals surface area contributed by atoms with Gasteiger partial charge in [-0.3, -0.25) is 14.4 Å². The fourth-order valence-electron chi connectivity index (χ4n) is 6.00. The summed E-state index contributed by atoms with van der Waals surface area (Å²) in [5.41, 5.74) is 2.49. The Bertz CT molecular complexity index is 2100. The first-order valence-corrected chi connectivity index (χ1v) is 17.7. The fourth-order valence-corrected chi connectivity index (χ4v) is 7.30. The predicted molar refractivity (Wildman–Crippen MR) is 196 cm³/mol. The molecular weight excluding hydrogens is 705 g/mol. The second kappa shape index (κ2) is 16.7. The minimum absolute atomic E-state index is 0.0625. The molecular formula is C40H35F2N3O7S. The van der Waals surface area contributed by atoms with Crippen LogP contribution < -0.4 is 20.3 Å². The highest BCUT2D eigenvalue weighted by Gasteiger charge is 2.49. The first kappa shape index (κ1) is 37.0. The van der Waals surface area contributed by atoms with Gasteiger partial charge in [-0.2, -0.15) is 0 Å². The van der Waals surface area contributed by atoms with Gasteiger partial charge < -0.3 is 30.5 Å². The molecule has 1 fully saturated rings. The van der Waals surface area contributed by atoms with Gasteiger partial charge in [0.15, 0.2) is 6.61 Å². The number of hydrogen-bond acceptors (Lipinski definition) is 7. The maximum absolute atomic E-state index is 13.7. The third-order valence-corrected chi connectivity index (χ3v) is 10.1. The molecule has 1 saturated heterocycles. The molecule has 272 valence electrons. The van der Waals surface area contributed by atoms with Crippen molar-refractivity contribution in [2.45, 2.75) is 29.9 Å². The van der Waals surface area contributed by atoms with Crippen molar-refractivity contribution in [1.82, 2.24) is 10.6 Å². The topological polar surface area (TPSA) is 145 Å². The van der Waals surface area contributed by atoms with Gasteiger partial charge in [0, 0.05) is 17.9 Å². The maximum atomic E-state index is 13.7. The molecule has 5 aromatic rings. The standard InChI is InChI=1S/C40H35F2N3O7S/c41-29-11-7-26(8-12-29)34(46)23-53-38-37(45(39(38)49)31-15-13-30(42)14-16-31)27-9-17-32(18-10-27)52-22-36(48)43-21-35(47)44-33(40(50)51)20-24-5-6-25-3-1-2-4-28(25)19-24/h1-19,33-34,37-38,46H,20-23H2,(H,43,48)(H,44,47)(H,50,51)/t33-,34?,37-,38-/m1/s1. The zero-order valence-corrected chi connectivity index (χ0v) is 29.0. The van der Waals surface area contributed by atoms with Gasteiger partial charge >= 0.3 is 5.97 Å². The van der Waals surface area contributed by atoms with E-state index in [0.29, 0.717) is 17.0 Å². The van der Waals surface area contributed by atoms with Crippen molar-refractivity contribution in [2.75, 3.05) is 23.8 Å². The van der Waals surface area contributed by atoms with E-state index in [1.807, 2.05) is 42.5 Å². The number of thioether (sulfide) groups is 1. The van der Waals surface area contributed by atoms with Gasteiger partial charge in [0.05, 0.1) is 18.7 Å². The van der Waals surface area contributed by atoms with Crippen LogP contribution in [0.5, 0.6) is 5.75 Å². The summed E-state index contributed by atoms with van der Waals surface area (Å²) in [5.74, 6) is -3.06. The second-order valence-electron chi connectivity index (χ2n) is 12.4. The van der Waals surface area contributed by atoms with Crippen molar-refractivity contribution < 1.29 is 42.9 Å². The first-order chi connectivity index (χ1) is 25.5. The summed E-state index contributed by atoms with van der Waals surface area (Å²) in [6, 6.07) is 29.3. The first-order valence-electron chi connectivity index (χ1n) is 16.7. The molecule has 1 aliphatic rings. The van der Waals surface area contributed by atoms with E-state index >= 15 is 0 Å². The molecule has 1 unspecified atom stereocenters. The Labute approximate surface area is 307 Å². The Morgan fingerprint density at radius 2 is 1.49 bits per heavy atom. The van der Waals surface area contributed by atoms with Crippen molar-refractivity contribution in [3.63, 3.8) is 0 Å². The van der Waals surface area contributed by atoms with Crippen LogP contribution in [0.25, 0.3) is 10.8 Å². The number of fused-ring (bicyclic) bond motifs is 1.